The lowest BCUT2D eigenvalue weighted by atomic mass is 10.1. The Hall–Kier alpha value is -2.03. The average molecular weight is 227 g/mol. The minimum Gasteiger partial charge on any atom is -0.399 e. The molecule has 3 nitrogen and oxygen atoms in total. The molecule has 3 heteroatoms. The smallest absolute Gasteiger partial charge is 0.0592 e. The molecule has 1 heterocycles. The maximum Gasteiger partial charge on any atom is 0.0592 e. The summed E-state index contributed by atoms with van der Waals surface area (Å²) in [7, 11) is 0. The van der Waals surface area contributed by atoms with Crippen molar-refractivity contribution in [2.24, 2.45) is 0 Å². The van der Waals surface area contributed by atoms with E-state index >= 15 is 0 Å². The SMILES string of the molecule is CC(C)=CCn1cc(-c2ccc(N)cc2)cn1. The summed E-state index contributed by atoms with van der Waals surface area (Å²) in [5, 5.41) is 4.33. The van der Waals surface area contributed by atoms with Crippen LogP contribution in [0.15, 0.2) is 48.3 Å². The number of benzene rings is 1. The highest BCUT2D eigenvalue weighted by atomic mass is 15.3. The first-order chi connectivity index (χ1) is 8.15. The van der Waals surface area contributed by atoms with Gasteiger partial charge in [0.05, 0.1) is 12.7 Å². The number of rotatable bonds is 3. The van der Waals surface area contributed by atoms with Crippen LogP contribution in [0.2, 0.25) is 0 Å². The van der Waals surface area contributed by atoms with Crippen molar-refractivity contribution in [3.8, 4) is 11.1 Å². The molecule has 0 saturated heterocycles. The zero-order chi connectivity index (χ0) is 12.3. The van der Waals surface area contributed by atoms with Gasteiger partial charge in [-0.15, -0.1) is 0 Å². The Morgan fingerprint density at radius 3 is 2.59 bits per heavy atom. The van der Waals surface area contributed by atoms with E-state index in [4.69, 9.17) is 5.73 Å². The zero-order valence-electron chi connectivity index (χ0n) is 10.2. The van der Waals surface area contributed by atoms with Crippen LogP contribution in [0.5, 0.6) is 0 Å². The summed E-state index contributed by atoms with van der Waals surface area (Å²) in [6, 6.07) is 7.83. The number of hydrogen-bond donors (Lipinski definition) is 1. The van der Waals surface area contributed by atoms with Crippen LogP contribution in [0, 0.1) is 0 Å². The number of aromatic nitrogens is 2. The molecule has 1 aromatic heterocycles. The van der Waals surface area contributed by atoms with Crippen LogP contribution < -0.4 is 5.73 Å². The Bertz CT molecular complexity index is 517. The molecular formula is C14H17N3. The summed E-state index contributed by atoms with van der Waals surface area (Å²) < 4.78 is 1.93. The normalized spacial score (nSPS) is 10.2. The first-order valence-electron chi connectivity index (χ1n) is 5.67. The Kier molecular flexibility index (Phi) is 3.28. The molecule has 1 aromatic carbocycles. The van der Waals surface area contributed by atoms with Gasteiger partial charge in [-0.05, 0) is 31.5 Å². The minimum atomic E-state index is 0.783. The van der Waals surface area contributed by atoms with Crippen molar-refractivity contribution >= 4 is 5.69 Å². The van der Waals surface area contributed by atoms with Crippen molar-refractivity contribution in [1.82, 2.24) is 9.78 Å². The fourth-order valence-electron chi connectivity index (χ4n) is 1.56. The largest absolute Gasteiger partial charge is 0.399 e. The maximum absolute atomic E-state index is 5.66. The monoisotopic (exact) mass is 227 g/mol. The van der Waals surface area contributed by atoms with Crippen LogP contribution in [0.3, 0.4) is 0 Å². The van der Waals surface area contributed by atoms with Crippen LogP contribution in [0.25, 0.3) is 11.1 Å². The standard InChI is InChI=1S/C14H17N3/c1-11(2)7-8-17-10-13(9-16-17)12-3-5-14(15)6-4-12/h3-7,9-10H,8,15H2,1-2H3. The summed E-state index contributed by atoms with van der Waals surface area (Å²) >= 11 is 0. The van der Waals surface area contributed by atoms with E-state index in [-0.39, 0.29) is 0 Å². The molecular weight excluding hydrogens is 210 g/mol. The number of nitrogens with two attached hydrogens (primary N) is 1. The highest BCUT2D eigenvalue weighted by Gasteiger charge is 2.00. The molecule has 0 aliphatic carbocycles. The second kappa shape index (κ2) is 4.87. The topological polar surface area (TPSA) is 43.8 Å². The molecule has 88 valence electrons. The third kappa shape index (κ3) is 2.97. The van der Waals surface area contributed by atoms with E-state index in [1.807, 2.05) is 41.3 Å². The van der Waals surface area contributed by atoms with E-state index < -0.39 is 0 Å². The number of hydrogen-bond acceptors (Lipinski definition) is 2. The predicted molar refractivity (Wildman–Crippen MR) is 71.5 cm³/mol. The van der Waals surface area contributed by atoms with Gasteiger partial charge in [-0.2, -0.15) is 5.10 Å². The maximum atomic E-state index is 5.66. The number of anilines is 1. The van der Waals surface area contributed by atoms with Crippen molar-refractivity contribution < 1.29 is 0 Å². The lowest BCUT2D eigenvalue weighted by molar-refractivity contribution is 0.699. The Morgan fingerprint density at radius 2 is 1.94 bits per heavy atom. The third-order valence-electron chi connectivity index (χ3n) is 2.56. The summed E-state index contributed by atoms with van der Waals surface area (Å²) in [6.45, 7) is 4.99. The molecule has 2 N–H and O–H groups in total. The van der Waals surface area contributed by atoms with Crippen LogP contribution in [0.4, 0.5) is 5.69 Å². The summed E-state index contributed by atoms with van der Waals surface area (Å²) in [5.41, 5.74) is 10.0. The quantitative estimate of drug-likeness (QED) is 0.646. The molecule has 0 atom stereocenters. The lowest BCUT2D eigenvalue weighted by Crippen LogP contribution is -1.94. The lowest BCUT2D eigenvalue weighted by Gasteiger charge is -1.98. The van der Waals surface area contributed by atoms with Gasteiger partial charge >= 0.3 is 0 Å². The Labute approximate surface area is 102 Å². The van der Waals surface area contributed by atoms with Gasteiger partial charge in [-0.3, -0.25) is 4.68 Å². The zero-order valence-corrected chi connectivity index (χ0v) is 10.2. The number of nitrogens with zero attached hydrogens (tertiary/aromatic N) is 2. The van der Waals surface area contributed by atoms with Crippen molar-refractivity contribution in [2.75, 3.05) is 5.73 Å². The van der Waals surface area contributed by atoms with Crippen molar-refractivity contribution in [1.29, 1.82) is 0 Å². The second-order valence-corrected chi connectivity index (χ2v) is 4.35. The molecule has 0 unspecified atom stereocenters. The van der Waals surface area contributed by atoms with E-state index in [1.165, 1.54) is 5.57 Å². The Morgan fingerprint density at radius 1 is 1.24 bits per heavy atom. The second-order valence-electron chi connectivity index (χ2n) is 4.35. The molecule has 0 radical (unpaired) electrons. The van der Waals surface area contributed by atoms with E-state index in [0.29, 0.717) is 0 Å². The van der Waals surface area contributed by atoms with E-state index in [2.05, 4.69) is 25.0 Å². The van der Waals surface area contributed by atoms with Crippen LogP contribution in [-0.2, 0) is 6.54 Å². The highest BCUT2D eigenvalue weighted by Crippen LogP contribution is 2.19. The van der Waals surface area contributed by atoms with Gasteiger partial charge < -0.3 is 5.73 Å². The number of allylic oxidation sites excluding steroid dienone is 2. The van der Waals surface area contributed by atoms with Gasteiger partial charge in [-0.25, -0.2) is 0 Å². The van der Waals surface area contributed by atoms with Crippen LogP contribution >= 0.6 is 0 Å². The summed E-state index contributed by atoms with van der Waals surface area (Å²) in [5.74, 6) is 0. The van der Waals surface area contributed by atoms with Gasteiger partial charge in [0.2, 0.25) is 0 Å². The summed E-state index contributed by atoms with van der Waals surface area (Å²) in [6.07, 6.45) is 6.08. The first kappa shape index (κ1) is 11.5. The third-order valence-corrected chi connectivity index (χ3v) is 2.56. The van der Waals surface area contributed by atoms with Crippen molar-refractivity contribution in [2.45, 2.75) is 20.4 Å². The van der Waals surface area contributed by atoms with Gasteiger partial charge in [0.25, 0.3) is 0 Å². The van der Waals surface area contributed by atoms with E-state index in [0.717, 1.165) is 23.4 Å². The molecule has 0 fully saturated rings. The van der Waals surface area contributed by atoms with E-state index in [9.17, 15) is 0 Å². The summed E-state index contributed by atoms with van der Waals surface area (Å²) in [4.78, 5) is 0. The molecule has 0 amide bonds. The van der Waals surface area contributed by atoms with Gasteiger partial charge in [0.1, 0.15) is 0 Å². The van der Waals surface area contributed by atoms with Gasteiger partial charge in [0.15, 0.2) is 0 Å². The minimum absolute atomic E-state index is 0.783. The van der Waals surface area contributed by atoms with Gasteiger partial charge in [-0.1, -0.05) is 23.8 Å². The average Bonchev–Trinajstić information content (AvgIpc) is 2.76. The molecule has 0 aliphatic heterocycles. The molecule has 0 bridgehead atoms. The molecule has 17 heavy (non-hydrogen) atoms. The number of nitrogen functional groups attached to an aromatic ring is 1. The van der Waals surface area contributed by atoms with Crippen molar-refractivity contribution in [3.05, 3.63) is 48.3 Å². The van der Waals surface area contributed by atoms with Gasteiger partial charge in [0, 0.05) is 17.4 Å². The van der Waals surface area contributed by atoms with E-state index in [1.54, 1.807) is 0 Å². The predicted octanol–water partition coefficient (Wildman–Crippen LogP) is 3.10. The molecule has 2 rings (SSSR count). The van der Waals surface area contributed by atoms with Crippen molar-refractivity contribution in [3.63, 3.8) is 0 Å². The first-order valence-corrected chi connectivity index (χ1v) is 5.67. The molecule has 0 aliphatic rings. The van der Waals surface area contributed by atoms with Crippen LogP contribution in [0.1, 0.15) is 13.8 Å². The fourth-order valence-corrected chi connectivity index (χ4v) is 1.56. The fraction of sp³-hybridized carbons (Fsp3) is 0.214. The highest BCUT2D eigenvalue weighted by molar-refractivity contribution is 5.63. The van der Waals surface area contributed by atoms with Crippen LogP contribution in [-0.4, -0.2) is 9.78 Å². The molecule has 0 saturated carbocycles. The molecule has 2 aromatic rings. The molecule has 0 spiro atoms. The Balaban J connectivity index is 2.18.